The van der Waals surface area contributed by atoms with Gasteiger partial charge in [0.1, 0.15) is 5.82 Å². The van der Waals surface area contributed by atoms with Crippen LogP contribution in [-0.4, -0.2) is 45.4 Å². The van der Waals surface area contributed by atoms with E-state index in [1.54, 1.807) is 6.07 Å². The van der Waals surface area contributed by atoms with E-state index in [-0.39, 0.29) is 23.6 Å². The van der Waals surface area contributed by atoms with Crippen molar-refractivity contribution in [1.29, 1.82) is 0 Å². The van der Waals surface area contributed by atoms with Gasteiger partial charge in [-0.2, -0.15) is 5.10 Å². The fourth-order valence-corrected chi connectivity index (χ4v) is 8.65. The monoisotopic (exact) mass is 563 g/mol. The summed E-state index contributed by atoms with van der Waals surface area (Å²) in [6.07, 6.45) is 15.3. The van der Waals surface area contributed by atoms with Crippen LogP contribution in [0.15, 0.2) is 30.3 Å². The molecule has 0 bridgehead atoms. The Labute approximate surface area is 245 Å². The number of aromatic nitrogens is 2. The van der Waals surface area contributed by atoms with E-state index in [0.717, 1.165) is 76.2 Å². The molecule has 6 heteroatoms. The van der Waals surface area contributed by atoms with Crippen LogP contribution < -0.4 is 0 Å². The minimum atomic E-state index is -0.628. The summed E-state index contributed by atoms with van der Waals surface area (Å²) in [4.78, 5) is 14.9. The molecule has 2 aromatic rings. The molecule has 1 N–H and O–H groups in total. The molecular weight excluding hydrogens is 513 g/mol. The summed E-state index contributed by atoms with van der Waals surface area (Å²) in [7, 11) is 0. The summed E-state index contributed by atoms with van der Waals surface area (Å²) in [6.45, 7) is 6.27. The summed E-state index contributed by atoms with van der Waals surface area (Å²) >= 11 is 0. The van der Waals surface area contributed by atoms with E-state index in [1.807, 2.05) is 6.07 Å². The Morgan fingerprint density at radius 2 is 1.80 bits per heavy atom. The molecule has 41 heavy (non-hydrogen) atoms. The van der Waals surface area contributed by atoms with Gasteiger partial charge in [-0.15, -0.1) is 0 Å². The number of carbonyl (C=O) groups is 1. The molecule has 6 rings (SSSR count). The first kappa shape index (κ1) is 28.9. The van der Waals surface area contributed by atoms with Crippen LogP contribution in [0, 0.1) is 35.4 Å². The molecule has 0 amide bonds. The summed E-state index contributed by atoms with van der Waals surface area (Å²) < 4.78 is 16.5. The van der Waals surface area contributed by atoms with Gasteiger partial charge < -0.3 is 10.0 Å². The van der Waals surface area contributed by atoms with Crippen LogP contribution in [0.2, 0.25) is 0 Å². The average Bonchev–Trinajstić information content (AvgIpc) is 3.57. The largest absolute Gasteiger partial charge is 0.481 e. The van der Waals surface area contributed by atoms with Gasteiger partial charge in [0.05, 0.1) is 11.6 Å². The second-order valence-electron chi connectivity index (χ2n) is 13.9. The number of likely N-dealkylation sites (tertiary alicyclic amines) is 1. The van der Waals surface area contributed by atoms with Gasteiger partial charge in [0.25, 0.3) is 0 Å². The van der Waals surface area contributed by atoms with E-state index in [9.17, 15) is 14.3 Å². The number of hydrogen-bond acceptors (Lipinski definition) is 3. The second kappa shape index (κ2) is 13.0. The summed E-state index contributed by atoms with van der Waals surface area (Å²) in [5.41, 5.74) is 3.78. The van der Waals surface area contributed by atoms with E-state index in [1.165, 1.54) is 62.4 Å². The molecule has 1 aliphatic heterocycles. The first-order chi connectivity index (χ1) is 20.0. The van der Waals surface area contributed by atoms with Gasteiger partial charge >= 0.3 is 5.97 Å². The lowest BCUT2D eigenvalue weighted by Crippen LogP contribution is -2.37. The maximum Gasteiger partial charge on any atom is 0.306 e. The number of aliphatic carboxylic acids is 1. The summed E-state index contributed by atoms with van der Waals surface area (Å²) in [5, 5.41) is 15.2. The third-order valence-electron chi connectivity index (χ3n) is 11.1. The van der Waals surface area contributed by atoms with Gasteiger partial charge in [0, 0.05) is 24.7 Å². The van der Waals surface area contributed by atoms with Crippen molar-refractivity contribution in [3.63, 3.8) is 0 Å². The highest BCUT2D eigenvalue weighted by Crippen LogP contribution is 2.49. The highest BCUT2D eigenvalue weighted by Gasteiger charge is 2.43. The summed E-state index contributed by atoms with van der Waals surface area (Å²) in [6, 6.07) is 9.51. The predicted octanol–water partition coefficient (Wildman–Crippen LogP) is 7.66. The molecule has 4 fully saturated rings. The number of piperidine rings is 1. The van der Waals surface area contributed by atoms with Crippen molar-refractivity contribution >= 4 is 5.97 Å². The van der Waals surface area contributed by atoms with E-state index in [4.69, 9.17) is 5.10 Å². The molecule has 4 atom stereocenters. The molecule has 4 aliphatic rings. The number of carboxylic acids is 1. The van der Waals surface area contributed by atoms with Crippen molar-refractivity contribution in [3.8, 4) is 0 Å². The smallest absolute Gasteiger partial charge is 0.306 e. The molecule has 2 heterocycles. The van der Waals surface area contributed by atoms with Gasteiger partial charge in [-0.1, -0.05) is 57.1 Å². The Bertz CT molecular complexity index is 1160. The Hall–Kier alpha value is -2.21. The molecule has 1 saturated heterocycles. The quantitative estimate of drug-likeness (QED) is 0.305. The molecule has 3 aliphatic carbocycles. The molecule has 0 radical (unpaired) electrons. The first-order valence-electron chi connectivity index (χ1n) is 16.7. The second-order valence-corrected chi connectivity index (χ2v) is 13.9. The molecule has 0 spiro atoms. The maximum absolute atomic E-state index is 14.3. The van der Waals surface area contributed by atoms with Crippen molar-refractivity contribution in [2.45, 2.75) is 109 Å². The fourth-order valence-electron chi connectivity index (χ4n) is 8.65. The number of benzene rings is 1. The number of nitrogens with zero attached hydrogens (tertiary/aromatic N) is 3. The zero-order valence-corrected chi connectivity index (χ0v) is 25.0. The molecule has 3 saturated carbocycles. The SMILES string of the molecule is CCn1nc(CC2CCCCC2)cc1C1CCN(C[C@H]2CC(C(CC3CC3)C(=O)O)C[C@@H]2c2cccc(F)c2)CC1. The van der Waals surface area contributed by atoms with Crippen LogP contribution in [0.3, 0.4) is 0 Å². The Balaban J connectivity index is 1.10. The standard InChI is InChI=1S/C35H50FN3O2/c1-2-39-34(22-31(37-39)17-24-7-4-3-5-8-24)26-13-15-38(16-14-26)23-29-19-28(33(35(40)41)18-25-11-12-25)21-32(29)27-9-6-10-30(36)20-27/h6,9-10,20,22,24-26,28-29,32-33H,2-5,7-8,11-19,21,23H2,1H3,(H,40,41)/t28?,29-,32-,33?/m1/s1. The third kappa shape index (κ3) is 7.06. The van der Waals surface area contributed by atoms with Gasteiger partial charge in [0.2, 0.25) is 0 Å². The molecule has 2 unspecified atom stereocenters. The zero-order chi connectivity index (χ0) is 28.3. The van der Waals surface area contributed by atoms with Gasteiger partial charge in [-0.3, -0.25) is 9.48 Å². The minimum absolute atomic E-state index is 0.186. The number of hydrogen-bond donors (Lipinski definition) is 1. The first-order valence-corrected chi connectivity index (χ1v) is 16.7. The zero-order valence-electron chi connectivity index (χ0n) is 25.0. The van der Waals surface area contributed by atoms with Gasteiger partial charge in [0.15, 0.2) is 0 Å². The number of carboxylic acid groups (broad SMARTS) is 1. The van der Waals surface area contributed by atoms with E-state index in [0.29, 0.717) is 17.8 Å². The molecule has 1 aromatic carbocycles. The predicted molar refractivity (Wildman–Crippen MR) is 160 cm³/mol. The maximum atomic E-state index is 14.3. The average molecular weight is 564 g/mol. The number of aryl methyl sites for hydroxylation is 1. The molecule has 5 nitrogen and oxygen atoms in total. The molecular formula is C35H50FN3O2. The van der Waals surface area contributed by atoms with Crippen LogP contribution in [-0.2, 0) is 17.8 Å². The number of rotatable bonds is 11. The lowest BCUT2D eigenvalue weighted by molar-refractivity contribution is -0.144. The topological polar surface area (TPSA) is 58.4 Å². The lowest BCUT2D eigenvalue weighted by atomic mass is 9.85. The van der Waals surface area contributed by atoms with Crippen LogP contribution in [0.25, 0.3) is 0 Å². The van der Waals surface area contributed by atoms with Crippen LogP contribution in [0.5, 0.6) is 0 Å². The van der Waals surface area contributed by atoms with Crippen molar-refractivity contribution in [2.24, 2.45) is 29.6 Å². The van der Waals surface area contributed by atoms with Crippen LogP contribution in [0.1, 0.15) is 113 Å². The van der Waals surface area contributed by atoms with E-state index < -0.39 is 5.97 Å². The Morgan fingerprint density at radius 1 is 1.02 bits per heavy atom. The Morgan fingerprint density at radius 3 is 2.49 bits per heavy atom. The third-order valence-corrected chi connectivity index (χ3v) is 11.1. The normalized spacial score (nSPS) is 27.3. The molecule has 1 aromatic heterocycles. The van der Waals surface area contributed by atoms with Gasteiger partial charge in [-0.25, -0.2) is 4.39 Å². The van der Waals surface area contributed by atoms with Crippen molar-refractivity contribution in [3.05, 3.63) is 53.1 Å². The van der Waals surface area contributed by atoms with E-state index in [2.05, 4.69) is 28.6 Å². The summed E-state index contributed by atoms with van der Waals surface area (Å²) in [5.74, 6) is 1.69. The van der Waals surface area contributed by atoms with Crippen LogP contribution in [0.4, 0.5) is 4.39 Å². The minimum Gasteiger partial charge on any atom is -0.481 e. The fraction of sp³-hybridized carbons (Fsp3) is 0.714. The van der Waals surface area contributed by atoms with Crippen molar-refractivity contribution in [1.82, 2.24) is 14.7 Å². The highest BCUT2D eigenvalue weighted by atomic mass is 19.1. The highest BCUT2D eigenvalue weighted by molar-refractivity contribution is 5.70. The van der Waals surface area contributed by atoms with Crippen LogP contribution >= 0.6 is 0 Å². The van der Waals surface area contributed by atoms with Crippen molar-refractivity contribution in [2.75, 3.05) is 19.6 Å². The Kier molecular flexibility index (Phi) is 9.14. The lowest BCUT2D eigenvalue weighted by Gasteiger charge is -2.35. The molecule has 224 valence electrons. The number of halogens is 1. The van der Waals surface area contributed by atoms with Crippen molar-refractivity contribution < 1.29 is 14.3 Å². The van der Waals surface area contributed by atoms with Gasteiger partial charge in [-0.05, 0) is 112 Å². The van der Waals surface area contributed by atoms with E-state index >= 15 is 0 Å².